The Morgan fingerprint density at radius 1 is 1.09 bits per heavy atom. The summed E-state index contributed by atoms with van der Waals surface area (Å²) in [6, 6.07) is 13.9. The van der Waals surface area contributed by atoms with E-state index in [1.54, 1.807) is 29.2 Å². The first-order valence-electron chi connectivity index (χ1n) is 11.3. The summed E-state index contributed by atoms with van der Waals surface area (Å²) < 4.78 is 32.4. The van der Waals surface area contributed by atoms with Gasteiger partial charge >= 0.3 is 0 Å². The zero-order valence-electron chi connectivity index (χ0n) is 18.7. The maximum atomic E-state index is 12.7. The van der Waals surface area contributed by atoms with Gasteiger partial charge in [0.2, 0.25) is 21.8 Å². The highest BCUT2D eigenvalue weighted by atomic mass is 32.2. The van der Waals surface area contributed by atoms with Crippen LogP contribution >= 0.6 is 0 Å². The van der Waals surface area contributed by atoms with Crippen LogP contribution in [0.25, 0.3) is 0 Å². The molecule has 4 rings (SSSR count). The van der Waals surface area contributed by atoms with Crippen LogP contribution in [-0.4, -0.2) is 50.8 Å². The molecule has 176 valence electrons. The van der Waals surface area contributed by atoms with Gasteiger partial charge in [0, 0.05) is 32.6 Å². The lowest BCUT2D eigenvalue weighted by Gasteiger charge is -2.20. The summed E-state index contributed by atoms with van der Waals surface area (Å²) in [5.74, 6) is -0.146. The van der Waals surface area contributed by atoms with Gasteiger partial charge in [0.15, 0.2) is 0 Å². The van der Waals surface area contributed by atoms with Gasteiger partial charge in [-0.3, -0.25) is 9.59 Å². The van der Waals surface area contributed by atoms with Gasteiger partial charge in [0.1, 0.15) is 5.75 Å². The molecule has 1 unspecified atom stereocenters. The van der Waals surface area contributed by atoms with E-state index in [0.29, 0.717) is 37.7 Å². The maximum Gasteiger partial charge on any atom is 0.243 e. The van der Waals surface area contributed by atoms with Gasteiger partial charge < -0.3 is 15.0 Å². The van der Waals surface area contributed by atoms with E-state index < -0.39 is 15.9 Å². The second-order valence-electron chi connectivity index (χ2n) is 8.28. The molecule has 0 aromatic heterocycles. The highest BCUT2D eigenvalue weighted by Crippen LogP contribution is 2.33. The van der Waals surface area contributed by atoms with E-state index in [0.717, 1.165) is 18.4 Å². The summed E-state index contributed by atoms with van der Waals surface area (Å²) in [5, 5.41) is 2.88. The number of sulfonamides is 1. The number of ether oxygens (including phenoxy) is 1. The predicted molar refractivity (Wildman–Crippen MR) is 124 cm³/mol. The third-order valence-corrected chi connectivity index (χ3v) is 7.96. The third kappa shape index (κ3) is 5.04. The number of hydrogen-bond acceptors (Lipinski definition) is 5. The van der Waals surface area contributed by atoms with Gasteiger partial charge in [0.25, 0.3) is 0 Å². The second kappa shape index (κ2) is 9.93. The first-order chi connectivity index (χ1) is 15.9. The fourth-order valence-electron chi connectivity index (χ4n) is 4.26. The topological polar surface area (TPSA) is 96.0 Å². The van der Waals surface area contributed by atoms with Gasteiger partial charge in [-0.25, -0.2) is 8.42 Å². The maximum absolute atomic E-state index is 12.7. The first kappa shape index (κ1) is 23.3. The summed E-state index contributed by atoms with van der Waals surface area (Å²) >= 11 is 0. The molecule has 0 aliphatic carbocycles. The molecule has 8 nitrogen and oxygen atoms in total. The van der Waals surface area contributed by atoms with Crippen molar-refractivity contribution in [3.63, 3.8) is 0 Å². The Bertz CT molecular complexity index is 1110. The van der Waals surface area contributed by atoms with Crippen LogP contribution in [0.15, 0.2) is 53.4 Å². The van der Waals surface area contributed by atoms with Gasteiger partial charge in [-0.1, -0.05) is 24.3 Å². The summed E-state index contributed by atoms with van der Waals surface area (Å²) in [6.07, 6.45) is 1.92. The Morgan fingerprint density at radius 3 is 2.48 bits per heavy atom. The molecule has 2 saturated heterocycles. The number of para-hydroxylation sites is 2. The molecule has 2 aromatic rings. The molecular weight excluding hydrogens is 442 g/mol. The molecule has 2 aromatic carbocycles. The van der Waals surface area contributed by atoms with E-state index in [2.05, 4.69) is 5.32 Å². The molecule has 0 bridgehead atoms. The smallest absolute Gasteiger partial charge is 0.243 e. The van der Waals surface area contributed by atoms with Crippen LogP contribution in [0.3, 0.4) is 0 Å². The summed E-state index contributed by atoms with van der Waals surface area (Å²) in [7, 11) is -3.45. The minimum absolute atomic E-state index is 0.112. The van der Waals surface area contributed by atoms with Gasteiger partial charge in [-0.05, 0) is 49.6 Å². The minimum Gasteiger partial charge on any atom is -0.492 e. The van der Waals surface area contributed by atoms with Crippen LogP contribution in [0, 0.1) is 5.92 Å². The Hall–Kier alpha value is -2.91. The standard InChI is InChI=1S/C24H29N3O5S/c1-2-32-22-8-4-3-7-21(22)27-17-19(15-23(27)28)24(29)25-16-18-9-11-20(12-10-18)33(30,31)26-13-5-6-14-26/h3-4,7-12,19H,2,5-6,13-17H2,1H3,(H,25,29). The molecule has 1 N–H and O–H groups in total. The minimum atomic E-state index is -3.45. The monoisotopic (exact) mass is 471 g/mol. The normalized spacial score (nSPS) is 19.1. The van der Waals surface area contributed by atoms with Crippen molar-refractivity contribution in [3.05, 3.63) is 54.1 Å². The summed E-state index contributed by atoms with van der Waals surface area (Å²) in [5.41, 5.74) is 1.47. The molecule has 0 saturated carbocycles. The van der Waals surface area contributed by atoms with Crippen molar-refractivity contribution in [1.29, 1.82) is 0 Å². The van der Waals surface area contributed by atoms with Crippen LogP contribution in [0.2, 0.25) is 0 Å². The Morgan fingerprint density at radius 2 is 1.79 bits per heavy atom. The number of anilines is 1. The number of nitrogens with zero attached hydrogens (tertiary/aromatic N) is 2. The molecule has 2 amide bonds. The number of rotatable bonds is 8. The lowest BCUT2D eigenvalue weighted by Crippen LogP contribution is -2.32. The second-order valence-corrected chi connectivity index (χ2v) is 10.2. The molecule has 2 aliphatic heterocycles. The van der Waals surface area contributed by atoms with Gasteiger partial charge in [-0.2, -0.15) is 4.31 Å². The molecule has 2 aliphatic rings. The van der Waals surface area contributed by atoms with Crippen molar-refractivity contribution in [2.24, 2.45) is 5.92 Å². The predicted octanol–water partition coefficient (Wildman–Crippen LogP) is 2.54. The van der Waals surface area contributed by atoms with Crippen LogP contribution in [0.5, 0.6) is 5.75 Å². The third-order valence-electron chi connectivity index (χ3n) is 6.04. The summed E-state index contributed by atoms with van der Waals surface area (Å²) in [4.78, 5) is 27.2. The Kier molecular flexibility index (Phi) is 6.99. The number of nitrogens with one attached hydrogen (secondary N) is 1. The van der Waals surface area contributed by atoms with Gasteiger partial charge in [0.05, 0.1) is 23.1 Å². The first-order valence-corrected chi connectivity index (χ1v) is 12.7. The number of amides is 2. The molecule has 2 fully saturated rings. The average molecular weight is 472 g/mol. The number of hydrogen-bond donors (Lipinski definition) is 1. The number of carbonyl (C=O) groups is 2. The molecule has 33 heavy (non-hydrogen) atoms. The van der Waals surface area contributed by atoms with Crippen molar-refractivity contribution in [1.82, 2.24) is 9.62 Å². The van der Waals surface area contributed by atoms with E-state index in [9.17, 15) is 18.0 Å². The van der Waals surface area contributed by atoms with Crippen molar-refractivity contribution in [2.75, 3.05) is 31.1 Å². The fourth-order valence-corrected chi connectivity index (χ4v) is 5.78. The zero-order chi connectivity index (χ0) is 23.4. The Balaban J connectivity index is 1.35. The molecule has 0 radical (unpaired) electrons. The lowest BCUT2D eigenvalue weighted by molar-refractivity contribution is -0.126. The van der Waals surface area contributed by atoms with E-state index in [1.807, 2.05) is 31.2 Å². The molecule has 0 spiro atoms. The molecule has 2 heterocycles. The van der Waals surface area contributed by atoms with Crippen LogP contribution in [-0.2, 0) is 26.2 Å². The van der Waals surface area contributed by atoms with Crippen LogP contribution in [0.4, 0.5) is 5.69 Å². The number of carbonyl (C=O) groups excluding carboxylic acids is 2. The van der Waals surface area contributed by atoms with Gasteiger partial charge in [-0.15, -0.1) is 0 Å². The average Bonchev–Trinajstić information content (AvgIpc) is 3.49. The number of benzene rings is 2. The fraction of sp³-hybridized carbons (Fsp3) is 0.417. The quantitative estimate of drug-likeness (QED) is 0.638. The molecule has 1 atom stereocenters. The van der Waals surface area contributed by atoms with E-state index >= 15 is 0 Å². The van der Waals surface area contributed by atoms with E-state index in [-0.39, 0.29) is 29.7 Å². The van der Waals surface area contributed by atoms with Crippen molar-refractivity contribution in [3.8, 4) is 5.75 Å². The highest BCUT2D eigenvalue weighted by molar-refractivity contribution is 7.89. The lowest BCUT2D eigenvalue weighted by atomic mass is 10.1. The SMILES string of the molecule is CCOc1ccccc1N1CC(C(=O)NCc2ccc(S(=O)(=O)N3CCCC3)cc2)CC1=O. The Labute approximate surface area is 194 Å². The largest absolute Gasteiger partial charge is 0.492 e. The van der Waals surface area contributed by atoms with Crippen LogP contribution in [0.1, 0.15) is 31.7 Å². The molecular formula is C24H29N3O5S. The van der Waals surface area contributed by atoms with Crippen molar-refractivity contribution in [2.45, 2.75) is 37.6 Å². The highest BCUT2D eigenvalue weighted by Gasteiger charge is 2.36. The molecule has 9 heteroatoms. The van der Waals surface area contributed by atoms with Crippen molar-refractivity contribution < 1.29 is 22.7 Å². The zero-order valence-corrected chi connectivity index (χ0v) is 19.5. The van der Waals surface area contributed by atoms with Crippen molar-refractivity contribution >= 4 is 27.5 Å². The van der Waals surface area contributed by atoms with Crippen LogP contribution < -0.4 is 15.0 Å². The summed E-state index contributed by atoms with van der Waals surface area (Å²) in [6.45, 7) is 4.05. The van der Waals surface area contributed by atoms with E-state index in [1.165, 1.54) is 4.31 Å². The van der Waals surface area contributed by atoms with E-state index in [4.69, 9.17) is 4.74 Å².